The first kappa shape index (κ1) is 24.8. The summed E-state index contributed by atoms with van der Waals surface area (Å²) in [6.45, 7) is 6.25. The van der Waals surface area contributed by atoms with Crippen LogP contribution in [0.5, 0.6) is 0 Å². The molecule has 0 unspecified atom stereocenters. The van der Waals surface area contributed by atoms with Crippen LogP contribution in [0.1, 0.15) is 85.0 Å². The summed E-state index contributed by atoms with van der Waals surface area (Å²) in [5.74, 6) is -0.437. The molecule has 4 atom stereocenters. The number of carbonyl (C=O) groups excluding carboxylic acids is 2. The second-order valence-electron chi connectivity index (χ2n) is 8.87. The Hall–Kier alpha value is -1.20. The monoisotopic (exact) mass is 396 g/mol. The summed E-state index contributed by atoms with van der Waals surface area (Å²) in [6.07, 6.45) is 10.5. The summed E-state index contributed by atoms with van der Waals surface area (Å²) in [6, 6.07) is 0. The van der Waals surface area contributed by atoms with Crippen LogP contribution >= 0.6 is 0 Å². The van der Waals surface area contributed by atoms with Gasteiger partial charge in [0.25, 0.3) is 0 Å². The minimum atomic E-state index is -0.654. The maximum atomic E-state index is 12.3. The predicted molar refractivity (Wildman–Crippen MR) is 111 cm³/mol. The quantitative estimate of drug-likeness (QED) is 0.277. The van der Waals surface area contributed by atoms with E-state index in [0.717, 1.165) is 51.4 Å². The number of aliphatic hydroxyl groups excluding tert-OH is 2. The number of hydrogen-bond acceptors (Lipinski definition) is 5. The maximum absolute atomic E-state index is 12.3. The summed E-state index contributed by atoms with van der Waals surface area (Å²) < 4.78 is 4.63. The van der Waals surface area contributed by atoms with Crippen molar-refractivity contribution in [3.8, 4) is 0 Å². The Balaban J connectivity index is 2.52. The molecule has 0 spiro atoms. The highest BCUT2D eigenvalue weighted by Gasteiger charge is 2.39. The molecule has 5 heteroatoms. The number of ketones is 1. The van der Waals surface area contributed by atoms with Crippen LogP contribution in [0, 0.1) is 17.3 Å². The Morgan fingerprint density at radius 1 is 1.25 bits per heavy atom. The number of ether oxygens (including phenoxy) is 1. The Morgan fingerprint density at radius 3 is 2.57 bits per heavy atom. The van der Waals surface area contributed by atoms with Gasteiger partial charge in [0.05, 0.1) is 19.3 Å². The highest BCUT2D eigenvalue weighted by atomic mass is 16.5. The van der Waals surface area contributed by atoms with Crippen LogP contribution in [-0.4, -0.2) is 41.3 Å². The molecule has 28 heavy (non-hydrogen) atoms. The molecule has 0 aromatic rings. The van der Waals surface area contributed by atoms with Gasteiger partial charge in [-0.3, -0.25) is 9.59 Å². The Labute approximate surface area is 170 Å². The second kappa shape index (κ2) is 12.4. The molecular weight excluding hydrogens is 356 g/mol. The summed E-state index contributed by atoms with van der Waals surface area (Å²) in [7, 11) is 1.40. The average Bonchev–Trinajstić information content (AvgIpc) is 2.93. The SMILES string of the molecule is CCCCC(C)(C)[C@@H](O)/C=C/[C@H]1[C@H](O)CC(=O)[C@@H]1CCCCCCC(=O)OC. The molecule has 5 nitrogen and oxygen atoms in total. The number of esters is 1. The standard InChI is InChI=1S/C23H40O5/c1-5-6-15-23(2,3)21(26)14-13-18-17(19(24)16-20(18)25)11-9-7-8-10-12-22(27)28-4/h13-14,17-18,20-21,25-26H,5-12,15-16H2,1-4H3/b14-13+/t17-,18-,20-,21+/m1/s1. The van der Waals surface area contributed by atoms with Gasteiger partial charge in [0.2, 0.25) is 0 Å². The van der Waals surface area contributed by atoms with Gasteiger partial charge in [-0.2, -0.15) is 0 Å². The van der Waals surface area contributed by atoms with Gasteiger partial charge < -0.3 is 14.9 Å². The van der Waals surface area contributed by atoms with Crippen molar-refractivity contribution in [2.75, 3.05) is 7.11 Å². The lowest BCUT2D eigenvalue weighted by molar-refractivity contribution is -0.140. The first-order valence-corrected chi connectivity index (χ1v) is 10.9. The predicted octanol–water partition coefficient (Wildman–Crippen LogP) is 4.20. The summed E-state index contributed by atoms with van der Waals surface area (Å²) in [5.41, 5.74) is -0.213. The van der Waals surface area contributed by atoms with E-state index in [0.29, 0.717) is 6.42 Å². The third-order valence-electron chi connectivity index (χ3n) is 6.10. The third-order valence-corrected chi connectivity index (χ3v) is 6.10. The van der Waals surface area contributed by atoms with Gasteiger partial charge >= 0.3 is 5.97 Å². The van der Waals surface area contributed by atoms with Crippen molar-refractivity contribution in [3.63, 3.8) is 0 Å². The number of aliphatic hydroxyl groups is 2. The van der Waals surface area contributed by atoms with Crippen molar-refractivity contribution in [3.05, 3.63) is 12.2 Å². The molecule has 162 valence electrons. The van der Waals surface area contributed by atoms with E-state index in [1.807, 2.05) is 6.08 Å². The lowest BCUT2D eigenvalue weighted by Gasteiger charge is -2.29. The van der Waals surface area contributed by atoms with Crippen LogP contribution in [-0.2, 0) is 14.3 Å². The number of Topliss-reactive ketones (excluding diaryl/α,β-unsaturated/α-hetero) is 1. The van der Waals surface area contributed by atoms with E-state index >= 15 is 0 Å². The molecule has 2 N–H and O–H groups in total. The first-order valence-electron chi connectivity index (χ1n) is 10.9. The molecule has 0 heterocycles. The van der Waals surface area contributed by atoms with E-state index in [-0.39, 0.29) is 35.4 Å². The molecule has 0 radical (unpaired) electrons. The molecule has 1 aliphatic carbocycles. The Morgan fingerprint density at radius 2 is 1.93 bits per heavy atom. The fourth-order valence-electron chi connectivity index (χ4n) is 3.96. The van der Waals surface area contributed by atoms with Gasteiger partial charge in [0.1, 0.15) is 5.78 Å². The van der Waals surface area contributed by atoms with Crippen LogP contribution in [0.3, 0.4) is 0 Å². The summed E-state index contributed by atoms with van der Waals surface area (Å²) >= 11 is 0. The maximum Gasteiger partial charge on any atom is 0.305 e. The molecular formula is C23H40O5. The molecule has 0 bridgehead atoms. The van der Waals surface area contributed by atoms with Crippen molar-refractivity contribution in [1.29, 1.82) is 0 Å². The molecule has 0 aromatic heterocycles. The molecule has 1 fully saturated rings. The zero-order valence-corrected chi connectivity index (χ0v) is 18.2. The van der Waals surface area contributed by atoms with E-state index in [2.05, 4.69) is 25.5 Å². The average molecular weight is 397 g/mol. The van der Waals surface area contributed by atoms with Gasteiger partial charge in [-0.05, 0) is 24.7 Å². The topological polar surface area (TPSA) is 83.8 Å². The zero-order chi connectivity index (χ0) is 21.2. The normalized spacial score (nSPS) is 24.1. The minimum Gasteiger partial charge on any atom is -0.469 e. The largest absolute Gasteiger partial charge is 0.469 e. The Kier molecular flexibility index (Phi) is 11.0. The smallest absolute Gasteiger partial charge is 0.305 e. The van der Waals surface area contributed by atoms with Crippen molar-refractivity contribution >= 4 is 11.8 Å². The van der Waals surface area contributed by atoms with Crippen molar-refractivity contribution in [2.45, 2.75) is 97.2 Å². The molecule has 1 aliphatic rings. The van der Waals surface area contributed by atoms with E-state index < -0.39 is 12.2 Å². The van der Waals surface area contributed by atoms with Gasteiger partial charge in [-0.1, -0.05) is 65.0 Å². The summed E-state index contributed by atoms with van der Waals surface area (Å²) in [4.78, 5) is 23.4. The fraction of sp³-hybridized carbons (Fsp3) is 0.826. The van der Waals surface area contributed by atoms with Gasteiger partial charge in [0.15, 0.2) is 0 Å². The summed E-state index contributed by atoms with van der Waals surface area (Å²) in [5, 5.41) is 20.9. The van der Waals surface area contributed by atoms with Crippen molar-refractivity contribution in [1.82, 2.24) is 0 Å². The highest BCUT2D eigenvalue weighted by molar-refractivity contribution is 5.84. The zero-order valence-electron chi connectivity index (χ0n) is 18.2. The van der Waals surface area contributed by atoms with Crippen LogP contribution in [0.4, 0.5) is 0 Å². The van der Waals surface area contributed by atoms with E-state index in [4.69, 9.17) is 0 Å². The van der Waals surface area contributed by atoms with Crippen LogP contribution < -0.4 is 0 Å². The number of carbonyl (C=O) groups is 2. The molecule has 0 saturated heterocycles. The van der Waals surface area contributed by atoms with E-state index in [1.165, 1.54) is 7.11 Å². The second-order valence-corrected chi connectivity index (χ2v) is 8.87. The molecule has 0 aliphatic heterocycles. The molecule has 1 saturated carbocycles. The highest BCUT2D eigenvalue weighted by Crippen LogP contribution is 2.35. The van der Waals surface area contributed by atoms with E-state index in [1.54, 1.807) is 6.08 Å². The van der Waals surface area contributed by atoms with E-state index in [9.17, 15) is 19.8 Å². The molecule has 1 rings (SSSR count). The lowest BCUT2D eigenvalue weighted by atomic mass is 9.80. The number of unbranched alkanes of at least 4 members (excludes halogenated alkanes) is 4. The van der Waals surface area contributed by atoms with Crippen molar-refractivity contribution < 1.29 is 24.5 Å². The third kappa shape index (κ3) is 8.04. The number of methoxy groups -OCH3 is 1. The Bertz CT molecular complexity index is 511. The van der Waals surface area contributed by atoms with Crippen LogP contribution in [0.2, 0.25) is 0 Å². The van der Waals surface area contributed by atoms with Crippen molar-refractivity contribution in [2.24, 2.45) is 17.3 Å². The lowest BCUT2D eigenvalue weighted by Crippen LogP contribution is -2.28. The first-order chi connectivity index (χ1) is 13.2. The van der Waals surface area contributed by atoms with Crippen LogP contribution in [0.15, 0.2) is 12.2 Å². The fourth-order valence-corrected chi connectivity index (χ4v) is 3.96. The van der Waals surface area contributed by atoms with Crippen LogP contribution in [0.25, 0.3) is 0 Å². The molecule has 0 amide bonds. The van der Waals surface area contributed by atoms with Gasteiger partial charge in [0, 0.05) is 24.7 Å². The van der Waals surface area contributed by atoms with Gasteiger partial charge in [-0.25, -0.2) is 0 Å². The van der Waals surface area contributed by atoms with Gasteiger partial charge in [-0.15, -0.1) is 0 Å². The number of hydrogen-bond donors (Lipinski definition) is 2. The molecule has 0 aromatic carbocycles. The minimum absolute atomic E-state index is 0.122. The number of rotatable bonds is 13.